The van der Waals surface area contributed by atoms with E-state index < -0.39 is 0 Å². The van der Waals surface area contributed by atoms with Crippen molar-refractivity contribution >= 4 is 16.7 Å². The zero-order valence-corrected chi connectivity index (χ0v) is 13.7. The summed E-state index contributed by atoms with van der Waals surface area (Å²) >= 11 is 0. The van der Waals surface area contributed by atoms with Crippen molar-refractivity contribution in [1.82, 2.24) is 9.97 Å². The average molecular weight is 321 g/mol. The molecule has 5 heteroatoms. The van der Waals surface area contributed by atoms with Gasteiger partial charge in [0.2, 0.25) is 0 Å². The number of rotatable bonds is 2. The monoisotopic (exact) mass is 321 g/mol. The summed E-state index contributed by atoms with van der Waals surface area (Å²) in [5.74, 6) is 0.632. The maximum atomic E-state index is 12.4. The molecule has 0 N–H and O–H groups in total. The molecule has 0 aliphatic carbocycles. The minimum atomic E-state index is -0.364. The van der Waals surface area contributed by atoms with Crippen LogP contribution in [0.25, 0.3) is 22.2 Å². The fraction of sp³-hybridized carbons (Fsp3) is 0.316. The van der Waals surface area contributed by atoms with Crippen LogP contribution in [-0.2, 0) is 0 Å². The van der Waals surface area contributed by atoms with Gasteiger partial charge >= 0.3 is 5.63 Å². The molecule has 24 heavy (non-hydrogen) atoms. The van der Waals surface area contributed by atoms with Crippen molar-refractivity contribution in [3.05, 3.63) is 52.8 Å². The van der Waals surface area contributed by atoms with Gasteiger partial charge in [-0.25, -0.2) is 14.8 Å². The zero-order chi connectivity index (χ0) is 16.5. The molecule has 0 atom stereocenters. The molecule has 0 spiro atoms. The Morgan fingerprint density at radius 1 is 1.08 bits per heavy atom. The van der Waals surface area contributed by atoms with Crippen LogP contribution in [0.3, 0.4) is 0 Å². The van der Waals surface area contributed by atoms with Crippen molar-refractivity contribution in [1.29, 1.82) is 0 Å². The summed E-state index contributed by atoms with van der Waals surface area (Å²) in [6, 6.07) is 9.66. The number of aromatic nitrogens is 2. The first kappa shape index (κ1) is 14.9. The van der Waals surface area contributed by atoms with Crippen molar-refractivity contribution in [2.75, 3.05) is 18.0 Å². The number of hydrogen-bond acceptors (Lipinski definition) is 5. The summed E-state index contributed by atoms with van der Waals surface area (Å²) < 4.78 is 5.58. The molecule has 1 saturated heterocycles. The van der Waals surface area contributed by atoms with E-state index in [-0.39, 0.29) is 5.63 Å². The molecule has 3 aromatic rings. The quantitative estimate of drug-likeness (QED) is 0.676. The second kappa shape index (κ2) is 6.07. The van der Waals surface area contributed by atoms with E-state index in [2.05, 4.69) is 20.9 Å². The fourth-order valence-electron chi connectivity index (χ4n) is 3.23. The van der Waals surface area contributed by atoms with Crippen LogP contribution in [0.2, 0.25) is 0 Å². The Morgan fingerprint density at radius 3 is 2.71 bits per heavy atom. The summed E-state index contributed by atoms with van der Waals surface area (Å²) in [5, 5.41) is 0.904. The summed E-state index contributed by atoms with van der Waals surface area (Å²) in [6.45, 7) is 3.93. The highest BCUT2D eigenvalue weighted by Crippen LogP contribution is 2.26. The molecule has 5 nitrogen and oxygen atoms in total. The van der Waals surface area contributed by atoms with Crippen LogP contribution in [0, 0.1) is 6.92 Å². The van der Waals surface area contributed by atoms with Crippen LogP contribution in [-0.4, -0.2) is 23.1 Å². The van der Waals surface area contributed by atoms with Crippen molar-refractivity contribution in [3.63, 3.8) is 0 Å². The molecular weight excluding hydrogens is 302 g/mol. The molecule has 1 aliphatic heterocycles. The number of benzene rings is 1. The van der Waals surface area contributed by atoms with Crippen LogP contribution < -0.4 is 10.5 Å². The number of piperidine rings is 1. The van der Waals surface area contributed by atoms with Gasteiger partial charge < -0.3 is 9.32 Å². The van der Waals surface area contributed by atoms with Crippen molar-refractivity contribution < 1.29 is 4.42 Å². The molecule has 0 amide bonds. The Labute approximate surface area is 140 Å². The molecule has 1 aliphatic rings. The third-order valence-electron chi connectivity index (χ3n) is 4.49. The average Bonchev–Trinajstić information content (AvgIpc) is 2.61. The minimum Gasteiger partial charge on any atom is -0.422 e. The number of aryl methyl sites for hydroxylation is 1. The fourth-order valence-corrected chi connectivity index (χ4v) is 3.23. The molecule has 0 saturated carbocycles. The van der Waals surface area contributed by atoms with Gasteiger partial charge in [-0.3, -0.25) is 0 Å². The normalized spacial score (nSPS) is 15.0. The first-order chi connectivity index (χ1) is 11.7. The summed E-state index contributed by atoms with van der Waals surface area (Å²) in [7, 11) is 0. The van der Waals surface area contributed by atoms with E-state index in [9.17, 15) is 4.79 Å². The van der Waals surface area contributed by atoms with Gasteiger partial charge in [0.1, 0.15) is 11.4 Å². The third kappa shape index (κ3) is 2.77. The van der Waals surface area contributed by atoms with Crippen LogP contribution in [0.5, 0.6) is 0 Å². The lowest BCUT2D eigenvalue weighted by atomic mass is 10.1. The van der Waals surface area contributed by atoms with Crippen LogP contribution in [0.4, 0.5) is 5.69 Å². The lowest BCUT2D eigenvalue weighted by Gasteiger charge is -2.28. The van der Waals surface area contributed by atoms with Crippen molar-refractivity contribution in [2.24, 2.45) is 0 Å². The Hall–Kier alpha value is -2.69. The van der Waals surface area contributed by atoms with E-state index in [4.69, 9.17) is 4.42 Å². The molecule has 0 bridgehead atoms. The van der Waals surface area contributed by atoms with Crippen molar-refractivity contribution in [2.45, 2.75) is 26.2 Å². The van der Waals surface area contributed by atoms with Gasteiger partial charge in [-0.15, -0.1) is 0 Å². The zero-order valence-electron chi connectivity index (χ0n) is 13.7. The SMILES string of the molecule is Cc1nccc(-c2cc3ccc(N4CCCCC4)cc3oc2=O)n1. The summed E-state index contributed by atoms with van der Waals surface area (Å²) in [6.07, 6.45) is 5.38. The van der Waals surface area contributed by atoms with Crippen LogP contribution in [0.1, 0.15) is 25.1 Å². The number of fused-ring (bicyclic) bond motifs is 1. The number of nitrogens with zero attached hydrogens (tertiary/aromatic N) is 3. The predicted octanol–water partition coefficient (Wildman–Crippen LogP) is 3.55. The van der Waals surface area contributed by atoms with Crippen LogP contribution in [0.15, 0.2) is 45.7 Å². The van der Waals surface area contributed by atoms with E-state index in [1.807, 2.05) is 18.2 Å². The standard InChI is InChI=1S/C19H19N3O2/c1-13-20-8-7-17(21-13)16-11-14-5-6-15(12-18(14)24-19(16)23)22-9-3-2-4-10-22/h5-8,11-12H,2-4,9-10H2,1H3. The topological polar surface area (TPSA) is 59.2 Å². The third-order valence-corrected chi connectivity index (χ3v) is 4.49. The van der Waals surface area contributed by atoms with E-state index in [0.29, 0.717) is 22.7 Å². The number of anilines is 1. The lowest BCUT2D eigenvalue weighted by molar-refractivity contribution is 0.560. The predicted molar refractivity (Wildman–Crippen MR) is 94.3 cm³/mol. The Kier molecular flexibility index (Phi) is 3.76. The van der Waals surface area contributed by atoms with Gasteiger partial charge in [0, 0.05) is 36.4 Å². The maximum absolute atomic E-state index is 12.4. The molecule has 1 fully saturated rings. The maximum Gasteiger partial charge on any atom is 0.345 e. The first-order valence-electron chi connectivity index (χ1n) is 8.33. The highest BCUT2D eigenvalue weighted by Gasteiger charge is 2.14. The van der Waals surface area contributed by atoms with Gasteiger partial charge in [0.25, 0.3) is 0 Å². The minimum absolute atomic E-state index is 0.364. The van der Waals surface area contributed by atoms with E-state index in [0.717, 1.165) is 24.2 Å². The van der Waals surface area contributed by atoms with Gasteiger partial charge in [-0.05, 0) is 50.5 Å². The van der Waals surface area contributed by atoms with Crippen LogP contribution >= 0.6 is 0 Å². The molecule has 0 unspecified atom stereocenters. The molecule has 4 rings (SSSR count). The Balaban J connectivity index is 1.77. The van der Waals surface area contributed by atoms with E-state index in [1.165, 1.54) is 19.3 Å². The van der Waals surface area contributed by atoms with Gasteiger partial charge in [0.05, 0.1) is 11.3 Å². The second-order valence-corrected chi connectivity index (χ2v) is 6.21. The Morgan fingerprint density at radius 2 is 1.92 bits per heavy atom. The molecule has 0 radical (unpaired) electrons. The largest absolute Gasteiger partial charge is 0.422 e. The van der Waals surface area contributed by atoms with Crippen molar-refractivity contribution in [3.8, 4) is 11.3 Å². The molecule has 3 heterocycles. The smallest absolute Gasteiger partial charge is 0.345 e. The van der Waals surface area contributed by atoms with E-state index in [1.54, 1.807) is 19.2 Å². The van der Waals surface area contributed by atoms with Gasteiger partial charge in [-0.2, -0.15) is 0 Å². The second-order valence-electron chi connectivity index (χ2n) is 6.21. The molecule has 1 aromatic carbocycles. The summed E-state index contributed by atoms with van der Waals surface area (Å²) in [5.41, 5.74) is 2.45. The summed E-state index contributed by atoms with van der Waals surface area (Å²) in [4.78, 5) is 23.1. The molecule has 2 aromatic heterocycles. The van der Waals surface area contributed by atoms with Gasteiger partial charge in [0.15, 0.2) is 0 Å². The number of hydrogen-bond donors (Lipinski definition) is 0. The van der Waals surface area contributed by atoms with E-state index >= 15 is 0 Å². The Bertz CT molecular complexity index is 943. The molecular formula is C19H19N3O2. The first-order valence-corrected chi connectivity index (χ1v) is 8.33. The molecule has 122 valence electrons. The van der Waals surface area contributed by atoms with Gasteiger partial charge in [-0.1, -0.05) is 0 Å². The highest BCUT2D eigenvalue weighted by molar-refractivity contribution is 5.84. The lowest BCUT2D eigenvalue weighted by Crippen LogP contribution is -2.29. The highest BCUT2D eigenvalue weighted by atomic mass is 16.4.